The van der Waals surface area contributed by atoms with Crippen LogP contribution in [0.2, 0.25) is 0 Å². The molecule has 1 rings (SSSR count). The van der Waals surface area contributed by atoms with Crippen LogP contribution in [0.3, 0.4) is 0 Å². The third-order valence-corrected chi connectivity index (χ3v) is 2.32. The van der Waals surface area contributed by atoms with Gasteiger partial charge in [-0.05, 0) is 11.4 Å². The first kappa shape index (κ1) is 10.2. The van der Waals surface area contributed by atoms with Gasteiger partial charge in [-0.3, -0.25) is 4.79 Å². The van der Waals surface area contributed by atoms with Gasteiger partial charge in [0.25, 0.3) is 5.91 Å². The summed E-state index contributed by atoms with van der Waals surface area (Å²) < 4.78 is 0. The number of amides is 1. The second-order valence-electron chi connectivity index (χ2n) is 2.52. The van der Waals surface area contributed by atoms with E-state index in [0.29, 0.717) is 4.88 Å². The van der Waals surface area contributed by atoms with Gasteiger partial charge in [-0.25, -0.2) is 0 Å². The maximum Gasteiger partial charge on any atom is 0.261 e. The summed E-state index contributed by atoms with van der Waals surface area (Å²) in [6.07, 6.45) is -0.885. The Hall–Kier alpha value is -0.910. The first-order valence-corrected chi connectivity index (χ1v) is 4.72. The maximum absolute atomic E-state index is 11.2. The topological polar surface area (TPSA) is 69.6 Å². The molecule has 13 heavy (non-hydrogen) atoms. The number of carbonyl (C=O) groups is 1. The zero-order chi connectivity index (χ0) is 9.68. The van der Waals surface area contributed by atoms with Crippen molar-refractivity contribution in [1.29, 1.82) is 0 Å². The normalized spacial score (nSPS) is 12.5. The van der Waals surface area contributed by atoms with Crippen LogP contribution in [0.4, 0.5) is 0 Å². The van der Waals surface area contributed by atoms with Crippen molar-refractivity contribution in [2.75, 3.05) is 13.2 Å². The molecule has 5 heteroatoms. The number of nitrogens with one attached hydrogen (secondary N) is 1. The number of hydrogen-bond donors (Lipinski definition) is 3. The number of carbonyl (C=O) groups excluding carboxylic acids is 1. The quantitative estimate of drug-likeness (QED) is 0.633. The summed E-state index contributed by atoms with van der Waals surface area (Å²) in [5, 5.41) is 21.7. The van der Waals surface area contributed by atoms with Gasteiger partial charge in [0.15, 0.2) is 0 Å². The summed E-state index contributed by atoms with van der Waals surface area (Å²) in [6, 6.07) is 3.48. The molecule has 3 N–H and O–H groups in total. The first-order valence-electron chi connectivity index (χ1n) is 3.84. The summed E-state index contributed by atoms with van der Waals surface area (Å²) in [4.78, 5) is 11.8. The Kier molecular flexibility index (Phi) is 3.88. The first-order chi connectivity index (χ1) is 6.24. The van der Waals surface area contributed by atoms with Crippen LogP contribution < -0.4 is 5.32 Å². The third kappa shape index (κ3) is 3.14. The van der Waals surface area contributed by atoms with E-state index in [2.05, 4.69) is 5.32 Å². The van der Waals surface area contributed by atoms with Crippen molar-refractivity contribution in [3.8, 4) is 0 Å². The van der Waals surface area contributed by atoms with E-state index in [1.54, 1.807) is 17.5 Å². The number of aliphatic hydroxyl groups is 2. The molecule has 1 aromatic rings. The van der Waals surface area contributed by atoms with Gasteiger partial charge in [0, 0.05) is 6.54 Å². The van der Waals surface area contributed by atoms with Gasteiger partial charge in [-0.2, -0.15) is 0 Å². The lowest BCUT2D eigenvalue weighted by molar-refractivity contribution is 0.0804. The van der Waals surface area contributed by atoms with Crippen molar-refractivity contribution in [2.24, 2.45) is 0 Å². The molecule has 0 aromatic carbocycles. The predicted octanol–water partition coefficient (Wildman–Crippen LogP) is -0.169. The van der Waals surface area contributed by atoms with E-state index in [-0.39, 0.29) is 19.1 Å². The fourth-order valence-electron chi connectivity index (χ4n) is 0.770. The summed E-state index contributed by atoms with van der Waals surface area (Å²) in [7, 11) is 0. The highest BCUT2D eigenvalue weighted by molar-refractivity contribution is 7.12. The van der Waals surface area contributed by atoms with Crippen molar-refractivity contribution in [1.82, 2.24) is 5.32 Å². The van der Waals surface area contributed by atoms with Crippen LogP contribution in [-0.4, -0.2) is 35.4 Å². The minimum absolute atomic E-state index is 0.0766. The standard InChI is InChI=1S/C8H11NO3S/c10-5-6(11)4-9-8(12)7-2-1-3-13-7/h1-3,6,10-11H,4-5H2,(H,9,12)/t6-/m1/s1. The van der Waals surface area contributed by atoms with Gasteiger partial charge < -0.3 is 15.5 Å². The Balaban J connectivity index is 2.35. The van der Waals surface area contributed by atoms with E-state index < -0.39 is 6.10 Å². The van der Waals surface area contributed by atoms with E-state index in [1.807, 2.05) is 0 Å². The Bertz CT molecular complexity index is 260. The highest BCUT2D eigenvalue weighted by atomic mass is 32.1. The van der Waals surface area contributed by atoms with Crippen molar-refractivity contribution in [3.63, 3.8) is 0 Å². The second kappa shape index (κ2) is 4.96. The van der Waals surface area contributed by atoms with Crippen LogP contribution in [0.1, 0.15) is 9.67 Å². The van der Waals surface area contributed by atoms with E-state index in [4.69, 9.17) is 10.2 Å². The number of rotatable bonds is 4. The molecule has 0 saturated heterocycles. The van der Waals surface area contributed by atoms with Crippen molar-refractivity contribution in [3.05, 3.63) is 22.4 Å². The van der Waals surface area contributed by atoms with Crippen LogP contribution in [0.5, 0.6) is 0 Å². The van der Waals surface area contributed by atoms with Crippen LogP contribution in [-0.2, 0) is 0 Å². The average molecular weight is 201 g/mol. The van der Waals surface area contributed by atoms with Crippen molar-refractivity contribution in [2.45, 2.75) is 6.10 Å². The molecule has 0 spiro atoms. The molecule has 1 atom stereocenters. The molecular formula is C8H11NO3S. The number of thiophene rings is 1. The van der Waals surface area contributed by atoms with Gasteiger partial charge in [-0.1, -0.05) is 6.07 Å². The van der Waals surface area contributed by atoms with E-state index in [9.17, 15) is 4.79 Å². The second-order valence-corrected chi connectivity index (χ2v) is 3.47. The summed E-state index contributed by atoms with van der Waals surface area (Å²) >= 11 is 1.33. The van der Waals surface area contributed by atoms with Gasteiger partial charge in [0.05, 0.1) is 17.6 Å². The number of hydrogen-bond acceptors (Lipinski definition) is 4. The molecule has 0 bridgehead atoms. The summed E-state index contributed by atoms with van der Waals surface area (Å²) in [5.74, 6) is -0.220. The zero-order valence-corrected chi connectivity index (χ0v) is 7.75. The molecule has 0 radical (unpaired) electrons. The average Bonchev–Trinajstić information content (AvgIpc) is 2.66. The van der Waals surface area contributed by atoms with Gasteiger partial charge in [0.2, 0.25) is 0 Å². The van der Waals surface area contributed by atoms with E-state index in [0.717, 1.165) is 0 Å². The molecule has 0 unspecified atom stereocenters. The predicted molar refractivity (Wildman–Crippen MR) is 49.7 cm³/mol. The van der Waals surface area contributed by atoms with Crippen LogP contribution >= 0.6 is 11.3 Å². The zero-order valence-electron chi connectivity index (χ0n) is 6.93. The molecule has 1 heterocycles. The molecular weight excluding hydrogens is 190 g/mol. The Morgan fingerprint density at radius 1 is 1.69 bits per heavy atom. The largest absolute Gasteiger partial charge is 0.394 e. The van der Waals surface area contributed by atoms with Gasteiger partial charge >= 0.3 is 0 Å². The highest BCUT2D eigenvalue weighted by Gasteiger charge is 2.08. The summed E-state index contributed by atoms with van der Waals surface area (Å²) in [5.41, 5.74) is 0. The van der Waals surface area contributed by atoms with E-state index >= 15 is 0 Å². The lowest BCUT2D eigenvalue weighted by Crippen LogP contribution is -2.33. The lowest BCUT2D eigenvalue weighted by Gasteiger charge is -2.07. The van der Waals surface area contributed by atoms with Crippen molar-refractivity contribution < 1.29 is 15.0 Å². The maximum atomic E-state index is 11.2. The Morgan fingerprint density at radius 3 is 3.00 bits per heavy atom. The van der Waals surface area contributed by atoms with E-state index in [1.165, 1.54) is 11.3 Å². The summed E-state index contributed by atoms with van der Waals surface area (Å²) in [6.45, 7) is -0.266. The van der Waals surface area contributed by atoms with Gasteiger partial charge in [-0.15, -0.1) is 11.3 Å². The lowest BCUT2D eigenvalue weighted by atomic mass is 10.3. The molecule has 72 valence electrons. The third-order valence-electron chi connectivity index (χ3n) is 1.45. The Morgan fingerprint density at radius 2 is 2.46 bits per heavy atom. The van der Waals surface area contributed by atoms with Crippen LogP contribution in [0, 0.1) is 0 Å². The molecule has 0 aliphatic rings. The molecule has 1 amide bonds. The van der Waals surface area contributed by atoms with Crippen LogP contribution in [0.25, 0.3) is 0 Å². The monoisotopic (exact) mass is 201 g/mol. The molecule has 4 nitrogen and oxygen atoms in total. The van der Waals surface area contributed by atoms with Crippen LogP contribution in [0.15, 0.2) is 17.5 Å². The fraction of sp³-hybridized carbons (Fsp3) is 0.375. The van der Waals surface area contributed by atoms with Crippen molar-refractivity contribution >= 4 is 17.2 Å². The molecule has 0 saturated carbocycles. The molecule has 0 aliphatic carbocycles. The smallest absolute Gasteiger partial charge is 0.261 e. The van der Waals surface area contributed by atoms with Gasteiger partial charge in [0.1, 0.15) is 0 Å². The minimum atomic E-state index is -0.885. The number of aliphatic hydroxyl groups excluding tert-OH is 2. The minimum Gasteiger partial charge on any atom is -0.394 e. The molecule has 0 aliphatic heterocycles. The SMILES string of the molecule is O=C(NC[C@@H](O)CO)c1cccs1. The molecule has 0 fully saturated rings. The Labute approximate surface area is 79.8 Å². The molecule has 1 aromatic heterocycles. The fourth-order valence-corrected chi connectivity index (χ4v) is 1.41. The highest BCUT2D eigenvalue weighted by Crippen LogP contribution is 2.07.